The van der Waals surface area contributed by atoms with Crippen LogP contribution >= 0.6 is 0 Å². The Kier molecular flexibility index (Phi) is 4.68. The topological polar surface area (TPSA) is 38.9 Å². The molecule has 7 rings (SSSR count). The first kappa shape index (κ1) is 20.6. The smallest absolute Gasteiger partial charge is 0.227 e. The lowest BCUT2D eigenvalue weighted by molar-refractivity contribution is 0.653. The molecular weight excluding hydrogens is 440 g/mol. The summed E-state index contributed by atoms with van der Waals surface area (Å²) in [4.78, 5) is 9.33. The van der Waals surface area contributed by atoms with E-state index in [0.29, 0.717) is 5.71 Å². The molecule has 0 unspecified atom stereocenters. The van der Waals surface area contributed by atoms with E-state index in [1.165, 1.54) is 27.5 Å². The lowest BCUT2D eigenvalue weighted by Crippen LogP contribution is -1.89. The number of pyridine rings is 2. The number of nitrogens with zero attached hydrogens (tertiary/aromatic N) is 2. The van der Waals surface area contributed by atoms with E-state index >= 15 is 0 Å². The maximum absolute atomic E-state index is 6.25. The molecule has 0 N–H and O–H groups in total. The highest BCUT2D eigenvalue weighted by Crippen LogP contribution is 2.38. The highest BCUT2D eigenvalue weighted by atomic mass is 16.3. The Hall–Kier alpha value is -4.76. The first-order valence-electron chi connectivity index (χ1n) is 12.1. The Morgan fingerprint density at radius 3 is 2.08 bits per heavy atom. The number of hydrogen-bond acceptors (Lipinski definition) is 3. The van der Waals surface area contributed by atoms with Crippen LogP contribution in [0, 0.1) is 6.92 Å². The number of aromatic nitrogens is 2. The zero-order valence-electron chi connectivity index (χ0n) is 19.8. The summed E-state index contributed by atoms with van der Waals surface area (Å²) in [5.41, 5.74) is 9.03. The molecule has 4 aromatic carbocycles. The molecule has 0 amide bonds. The highest BCUT2D eigenvalue weighted by molar-refractivity contribution is 6.09. The lowest BCUT2D eigenvalue weighted by Gasteiger charge is -2.13. The van der Waals surface area contributed by atoms with E-state index in [4.69, 9.17) is 9.40 Å². The Morgan fingerprint density at radius 1 is 0.556 bits per heavy atom. The van der Waals surface area contributed by atoms with Crippen LogP contribution in [0.4, 0.5) is 0 Å². The van der Waals surface area contributed by atoms with Gasteiger partial charge in [-0.05, 0) is 70.3 Å². The minimum atomic E-state index is 0.663. The van der Waals surface area contributed by atoms with Gasteiger partial charge >= 0.3 is 0 Å². The van der Waals surface area contributed by atoms with E-state index in [9.17, 15) is 0 Å². The Balaban J connectivity index is 1.41. The molecular formula is C33H22N2O. The highest BCUT2D eigenvalue weighted by Gasteiger charge is 2.15. The SMILES string of the molecule is Cc1ccc2c(n1)oc1c(-c3cc(-c4ccc(-c5ccccc5)c5ccccc45)ccn3)cccc12. The van der Waals surface area contributed by atoms with Crippen LogP contribution in [0.1, 0.15) is 5.69 Å². The van der Waals surface area contributed by atoms with Crippen molar-refractivity contribution in [2.45, 2.75) is 6.92 Å². The molecule has 0 bridgehead atoms. The average molecular weight is 463 g/mol. The van der Waals surface area contributed by atoms with E-state index in [-0.39, 0.29) is 0 Å². The largest absolute Gasteiger partial charge is 0.437 e. The van der Waals surface area contributed by atoms with Gasteiger partial charge in [0.05, 0.1) is 5.69 Å². The molecule has 7 aromatic rings. The maximum atomic E-state index is 6.25. The van der Waals surface area contributed by atoms with Crippen LogP contribution in [-0.4, -0.2) is 9.97 Å². The molecule has 3 nitrogen and oxygen atoms in total. The van der Waals surface area contributed by atoms with Gasteiger partial charge in [-0.25, -0.2) is 4.98 Å². The van der Waals surface area contributed by atoms with Crippen molar-refractivity contribution in [1.82, 2.24) is 9.97 Å². The fraction of sp³-hybridized carbons (Fsp3) is 0.0303. The normalized spacial score (nSPS) is 11.5. The molecule has 0 fully saturated rings. The second-order valence-electron chi connectivity index (χ2n) is 9.09. The van der Waals surface area contributed by atoms with E-state index in [2.05, 4.69) is 108 Å². The number of para-hydroxylation sites is 1. The summed E-state index contributed by atoms with van der Waals surface area (Å²) in [6.07, 6.45) is 1.88. The Morgan fingerprint density at radius 2 is 1.28 bits per heavy atom. The minimum Gasteiger partial charge on any atom is -0.437 e. The molecule has 0 saturated heterocycles. The molecule has 3 heterocycles. The zero-order valence-corrected chi connectivity index (χ0v) is 19.8. The molecule has 0 saturated carbocycles. The van der Waals surface area contributed by atoms with E-state index in [0.717, 1.165) is 38.9 Å². The van der Waals surface area contributed by atoms with Gasteiger partial charge in [0, 0.05) is 28.2 Å². The van der Waals surface area contributed by atoms with Gasteiger partial charge in [-0.3, -0.25) is 4.98 Å². The number of fused-ring (bicyclic) bond motifs is 4. The molecule has 36 heavy (non-hydrogen) atoms. The van der Waals surface area contributed by atoms with Gasteiger partial charge in [0.2, 0.25) is 5.71 Å². The quantitative estimate of drug-likeness (QED) is 0.263. The van der Waals surface area contributed by atoms with Crippen molar-refractivity contribution in [3.8, 4) is 33.5 Å². The fourth-order valence-corrected chi connectivity index (χ4v) is 5.14. The van der Waals surface area contributed by atoms with Crippen molar-refractivity contribution in [2.75, 3.05) is 0 Å². The van der Waals surface area contributed by atoms with Gasteiger partial charge in [0.25, 0.3) is 0 Å². The molecule has 0 atom stereocenters. The Bertz CT molecular complexity index is 1900. The van der Waals surface area contributed by atoms with Gasteiger partial charge in [0.15, 0.2) is 0 Å². The molecule has 0 aliphatic carbocycles. The summed E-state index contributed by atoms with van der Waals surface area (Å²) in [6.45, 7) is 1.98. The number of benzene rings is 4. The molecule has 0 aliphatic heterocycles. The first-order valence-corrected chi connectivity index (χ1v) is 12.1. The molecule has 170 valence electrons. The van der Waals surface area contributed by atoms with Crippen molar-refractivity contribution in [3.63, 3.8) is 0 Å². The molecule has 3 heteroatoms. The van der Waals surface area contributed by atoms with E-state index in [1.54, 1.807) is 0 Å². The summed E-state index contributed by atoms with van der Waals surface area (Å²) >= 11 is 0. The standard InChI is InChI=1S/C33H22N2O/c1-21-14-15-29-28-12-7-13-30(32(28)36-33(29)35-21)31-20-23(18-19-34-31)25-17-16-24(22-8-3-2-4-9-22)26-10-5-6-11-27(25)26/h2-20H,1H3. The van der Waals surface area contributed by atoms with Crippen molar-refractivity contribution in [2.24, 2.45) is 0 Å². The van der Waals surface area contributed by atoms with Crippen molar-refractivity contribution >= 4 is 32.8 Å². The van der Waals surface area contributed by atoms with Crippen LogP contribution in [0.5, 0.6) is 0 Å². The molecule has 0 aliphatic rings. The summed E-state index contributed by atoms with van der Waals surface area (Å²) in [5.74, 6) is 0. The van der Waals surface area contributed by atoms with Gasteiger partial charge in [-0.1, -0.05) is 78.9 Å². The van der Waals surface area contributed by atoms with Crippen LogP contribution in [0.3, 0.4) is 0 Å². The third kappa shape index (κ3) is 3.29. The predicted octanol–water partition coefficient (Wildman–Crippen LogP) is 8.84. The summed E-state index contributed by atoms with van der Waals surface area (Å²) in [6, 6.07) is 38.2. The third-order valence-corrected chi connectivity index (χ3v) is 6.86. The number of rotatable bonds is 3. The third-order valence-electron chi connectivity index (χ3n) is 6.86. The van der Waals surface area contributed by atoms with Crippen LogP contribution < -0.4 is 0 Å². The number of aryl methyl sites for hydroxylation is 1. The Labute approximate surface area is 208 Å². The lowest BCUT2D eigenvalue weighted by atomic mass is 9.92. The minimum absolute atomic E-state index is 0.663. The van der Waals surface area contributed by atoms with Crippen LogP contribution in [-0.2, 0) is 0 Å². The van der Waals surface area contributed by atoms with Gasteiger partial charge in [-0.2, -0.15) is 0 Å². The van der Waals surface area contributed by atoms with Gasteiger partial charge in [0.1, 0.15) is 5.58 Å². The molecule has 0 radical (unpaired) electrons. The van der Waals surface area contributed by atoms with Crippen molar-refractivity contribution in [3.05, 3.63) is 121 Å². The molecule has 0 spiro atoms. The van der Waals surface area contributed by atoms with Crippen LogP contribution in [0.25, 0.3) is 66.4 Å². The average Bonchev–Trinajstić information content (AvgIpc) is 3.30. The molecule has 3 aromatic heterocycles. The monoisotopic (exact) mass is 462 g/mol. The van der Waals surface area contributed by atoms with E-state index in [1.807, 2.05) is 19.2 Å². The van der Waals surface area contributed by atoms with Crippen molar-refractivity contribution < 1.29 is 4.42 Å². The second-order valence-corrected chi connectivity index (χ2v) is 9.09. The second kappa shape index (κ2) is 8.17. The summed E-state index contributed by atoms with van der Waals surface area (Å²) in [7, 11) is 0. The predicted molar refractivity (Wildman–Crippen MR) is 148 cm³/mol. The van der Waals surface area contributed by atoms with Gasteiger partial charge < -0.3 is 4.42 Å². The van der Waals surface area contributed by atoms with E-state index < -0.39 is 0 Å². The zero-order chi connectivity index (χ0) is 24.1. The summed E-state index contributed by atoms with van der Waals surface area (Å²) < 4.78 is 6.25. The van der Waals surface area contributed by atoms with Crippen LogP contribution in [0.2, 0.25) is 0 Å². The van der Waals surface area contributed by atoms with Crippen molar-refractivity contribution in [1.29, 1.82) is 0 Å². The number of furan rings is 1. The van der Waals surface area contributed by atoms with Crippen LogP contribution in [0.15, 0.2) is 120 Å². The summed E-state index contributed by atoms with van der Waals surface area (Å²) in [5, 5.41) is 4.54. The number of hydrogen-bond donors (Lipinski definition) is 0. The maximum Gasteiger partial charge on any atom is 0.227 e. The fourth-order valence-electron chi connectivity index (χ4n) is 5.14. The first-order chi connectivity index (χ1) is 17.8. The van der Waals surface area contributed by atoms with Gasteiger partial charge in [-0.15, -0.1) is 0 Å².